The summed E-state index contributed by atoms with van der Waals surface area (Å²) in [6.07, 6.45) is -1.89. The highest BCUT2D eigenvalue weighted by atomic mass is 16.4. The summed E-state index contributed by atoms with van der Waals surface area (Å²) in [4.78, 5) is 19.4. The first-order valence-corrected chi connectivity index (χ1v) is 2.04. The van der Waals surface area contributed by atoms with E-state index >= 15 is 0 Å². The smallest absolute Gasteiger partial charge is 0.340 e. The van der Waals surface area contributed by atoms with Crippen molar-refractivity contribution in [2.45, 2.75) is 6.42 Å². The molecule has 0 unspecified atom stereocenters. The van der Waals surface area contributed by atoms with Crippen molar-refractivity contribution in [3.8, 4) is 0 Å². The van der Waals surface area contributed by atoms with Crippen molar-refractivity contribution in [1.82, 2.24) is 0 Å². The molecule has 0 aliphatic carbocycles. The maximum Gasteiger partial charge on any atom is 0.340 e. The number of aliphatic hydroxyl groups is 1. The van der Waals surface area contributed by atoms with Crippen molar-refractivity contribution >= 4 is 11.9 Å². The van der Waals surface area contributed by atoms with Crippen molar-refractivity contribution in [3.63, 3.8) is 0 Å². The van der Waals surface area contributed by atoms with Crippen molar-refractivity contribution in [1.29, 1.82) is 0 Å². The molecule has 0 spiro atoms. The number of aliphatic carboxylic acids is 2. The predicted octanol–water partition coefficient (Wildman–Crippen LogP) is -0.550. The van der Waals surface area contributed by atoms with Gasteiger partial charge in [0.05, 0.1) is 6.42 Å². The van der Waals surface area contributed by atoms with Gasteiger partial charge in [-0.3, -0.25) is 4.79 Å². The summed E-state index contributed by atoms with van der Waals surface area (Å²) in [6, 6.07) is 0. The largest absolute Gasteiger partial charge is 0.481 e. The van der Waals surface area contributed by atoms with E-state index in [0.29, 0.717) is 0 Å². The zero-order valence-corrected chi connectivity index (χ0v) is 4.37. The highest BCUT2D eigenvalue weighted by molar-refractivity contribution is 5.86. The van der Waals surface area contributed by atoms with Crippen LogP contribution >= 0.6 is 0 Å². The fourth-order valence-corrected chi connectivity index (χ4v) is 0.219. The molecule has 3 N–H and O–H groups in total. The molecule has 0 aliphatic heterocycles. The van der Waals surface area contributed by atoms with Gasteiger partial charge in [0.15, 0.2) is 0 Å². The molecule has 0 bridgehead atoms. The molecule has 0 amide bonds. The summed E-state index contributed by atoms with van der Waals surface area (Å²) in [5.74, 6) is -2.97. The zero-order chi connectivity index (χ0) is 7.44. The molecule has 0 aliphatic rings. The molecule has 0 rings (SSSR count). The van der Waals surface area contributed by atoms with Gasteiger partial charge in [0.25, 0.3) is 0 Å². The Morgan fingerprint density at radius 2 is 1.56 bits per heavy atom. The third kappa shape index (κ3) is 3.48. The Bertz CT molecular complexity index is 129. The molecule has 0 aromatic carbocycles. The lowest BCUT2D eigenvalue weighted by Gasteiger charge is -1.96. The Hall–Kier alpha value is -1.10. The quantitative estimate of drug-likeness (QED) is 0.480. The van der Waals surface area contributed by atoms with Crippen LogP contribution in [0.25, 0.3) is 0 Å². The molecular weight excluding hydrogens is 128 g/mol. The summed E-state index contributed by atoms with van der Waals surface area (Å²) in [5, 5.41) is 24.0. The van der Waals surface area contributed by atoms with Gasteiger partial charge in [-0.05, 0) is 0 Å². The molecule has 1 radical (unpaired) electrons. The molecule has 0 saturated carbocycles. The SMILES string of the molecule is O=C(O)C[C](O)C(=O)O. The number of carboxylic acid groups (broad SMARTS) is 2. The van der Waals surface area contributed by atoms with Gasteiger partial charge in [0, 0.05) is 0 Å². The van der Waals surface area contributed by atoms with Crippen LogP contribution in [0.4, 0.5) is 0 Å². The van der Waals surface area contributed by atoms with E-state index in [2.05, 4.69) is 0 Å². The van der Waals surface area contributed by atoms with E-state index in [1.54, 1.807) is 0 Å². The van der Waals surface area contributed by atoms with E-state index in [0.717, 1.165) is 0 Å². The van der Waals surface area contributed by atoms with Crippen LogP contribution in [0.3, 0.4) is 0 Å². The number of carboxylic acids is 2. The van der Waals surface area contributed by atoms with Gasteiger partial charge in [-0.2, -0.15) is 0 Å². The lowest BCUT2D eigenvalue weighted by Crippen LogP contribution is -2.14. The van der Waals surface area contributed by atoms with Gasteiger partial charge in [0.2, 0.25) is 6.10 Å². The second-order valence-corrected chi connectivity index (χ2v) is 1.32. The standard InChI is InChI=1S/C4H5O5/c5-2(4(8)9)1-3(6)7/h5H,1H2,(H,6,7)(H,8,9). The minimum atomic E-state index is -1.60. The van der Waals surface area contributed by atoms with Gasteiger partial charge in [0.1, 0.15) is 0 Å². The monoisotopic (exact) mass is 133 g/mol. The fraction of sp³-hybridized carbons (Fsp3) is 0.250. The van der Waals surface area contributed by atoms with Crippen LogP contribution in [-0.2, 0) is 9.59 Å². The predicted molar refractivity (Wildman–Crippen MR) is 25.1 cm³/mol. The third-order valence-corrected chi connectivity index (χ3v) is 0.566. The molecule has 0 aromatic rings. The molecule has 0 aromatic heterocycles. The van der Waals surface area contributed by atoms with Gasteiger partial charge < -0.3 is 15.3 Å². The fourth-order valence-electron chi connectivity index (χ4n) is 0.219. The lowest BCUT2D eigenvalue weighted by atomic mass is 10.3. The number of aliphatic hydroxyl groups excluding tert-OH is 1. The van der Waals surface area contributed by atoms with Gasteiger partial charge in [-0.15, -0.1) is 0 Å². The maximum absolute atomic E-state index is 9.68. The molecule has 5 nitrogen and oxygen atoms in total. The average molecular weight is 133 g/mol. The number of rotatable bonds is 3. The summed E-state index contributed by atoms with van der Waals surface area (Å²) in [7, 11) is 0. The molecule has 0 heterocycles. The molecule has 0 atom stereocenters. The van der Waals surface area contributed by atoms with Gasteiger partial charge in [-0.25, -0.2) is 4.79 Å². The summed E-state index contributed by atoms with van der Waals surface area (Å²) < 4.78 is 0. The number of hydrogen-bond donors (Lipinski definition) is 3. The Morgan fingerprint density at radius 1 is 1.11 bits per heavy atom. The molecule has 9 heavy (non-hydrogen) atoms. The van der Waals surface area contributed by atoms with Crippen molar-refractivity contribution in [2.75, 3.05) is 0 Å². The van der Waals surface area contributed by atoms with E-state index in [9.17, 15) is 9.59 Å². The Morgan fingerprint density at radius 3 is 1.67 bits per heavy atom. The summed E-state index contributed by atoms with van der Waals surface area (Å²) in [6.45, 7) is 0. The topological polar surface area (TPSA) is 94.8 Å². The first-order valence-electron chi connectivity index (χ1n) is 2.04. The van der Waals surface area contributed by atoms with Crippen LogP contribution in [0.1, 0.15) is 6.42 Å². The van der Waals surface area contributed by atoms with E-state index in [1.165, 1.54) is 0 Å². The molecule has 5 heteroatoms. The maximum atomic E-state index is 9.68. The van der Waals surface area contributed by atoms with Crippen molar-refractivity contribution in [2.24, 2.45) is 0 Å². The first-order chi connectivity index (χ1) is 4.04. The zero-order valence-electron chi connectivity index (χ0n) is 4.37. The Labute approximate surface area is 50.5 Å². The van der Waals surface area contributed by atoms with Crippen LogP contribution in [0, 0.1) is 6.10 Å². The average Bonchev–Trinajstić information content (AvgIpc) is 1.63. The minimum Gasteiger partial charge on any atom is -0.481 e. The van der Waals surface area contributed by atoms with Gasteiger partial charge in [-0.1, -0.05) is 0 Å². The van der Waals surface area contributed by atoms with Crippen LogP contribution < -0.4 is 0 Å². The molecule has 51 valence electrons. The first kappa shape index (κ1) is 7.90. The third-order valence-electron chi connectivity index (χ3n) is 0.566. The van der Waals surface area contributed by atoms with E-state index in [-0.39, 0.29) is 0 Å². The van der Waals surface area contributed by atoms with Crippen molar-refractivity contribution < 1.29 is 24.9 Å². The molecule has 0 fully saturated rings. The summed E-state index contributed by atoms with van der Waals surface area (Å²) >= 11 is 0. The number of hydrogen-bond acceptors (Lipinski definition) is 3. The second-order valence-electron chi connectivity index (χ2n) is 1.32. The lowest BCUT2D eigenvalue weighted by molar-refractivity contribution is -0.145. The van der Waals surface area contributed by atoms with E-state index in [4.69, 9.17) is 15.3 Å². The molecule has 0 saturated heterocycles. The van der Waals surface area contributed by atoms with E-state index < -0.39 is 24.5 Å². The van der Waals surface area contributed by atoms with Crippen LogP contribution in [0.2, 0.25) is 0 Å². The normalized spacial score (nSPS) is 9.56. The second kappa shape index (κ2) is 3.03. The van der Waals surface area contributed by atoms with E-state index in [1.807, 2.05) is 0 Å². The van der Waals surface area contributed by atoms with Gasteiger partial charge >= 0.3 is 11.9 Å². The molecular formula is C4H5O5. The Kier molecular flexibility index (Phi) is 2.66. The highest BCUT2D eigenvalue weighted by Crippen LogP contribution is 1.99. The van der Waals surface area contributed by atoms with Crippen LogP contribution in [0.5, 0.6) is 0 Å². The van der Waals surface area contributed by atoms with Crippen molar-refractivity contribution in [3.05, 3.63) is 6.10 Å². The highest BCUT2D eigenvalue weighted by Gasteiger charge is 2.18. The summed E-state index contributed by atoms with van der Waals surface area (Å²) in [5.41, 5.74) is 0. The Balaban J connectivity index is 3.63. The minimum absolute atomic E-state index is 0.838. The van der Waals surface area contributed by atoms with Crippen LogP contribution in [0.15, 0.2) is 0 Å². The number of carbonyl (C=O) groups is 2. The van der Waals surface area contributed by atoms with Crippen LogP contribution in [-0.4, -0.2) is 27.3 Å².